The van der Waals surface area contributed by atoms with Crippen molar-refractivity contribution in [2.75, 3.05) is 0 Å². The Balaban J connectivity index is 2.46. The van der Waals surface area contributed by atoms with Crippen LogP contribution in [0.4, 0.5) is 0 Å². The first kappa shape index (κ1) is 6.16. The molecule has 2 aromatic rings. The second-order valence-electron chi connectivity index (χ2n) is 2.26. The molecule has 2 heterocycles. The Kier molecular flexibility index (Phi) is 1.44. The summed E-state index contributed by atoms with van der Waals surface area (Å²) < 4.78 is 0. The molecule has 0 aliphatic rings. The van der Waals surface area contributed by atoms with Crippen molar-refractivity contribution in [3.63, 3.8) is 0 Å². The van der Waals surface area contributed by atoms with Crippen LogP contribution in [-0.2, 0) is 0 Å². The van der Waals surface area contributed by atoms with Crippen LogP contribution in [0.5, 0.6) is 0 Å². The van der Waals surface area contributed by atoms with Crippen molar-refractivity contribution in [2.24, 2.45) is 0 Å². The molecule has 0 aliphatic carbocycles. The summed E-state index contributed by atoms with van der Waals surface area (Å²) in [6, 6.07) is 5.88. The van der Waals surface area contributed by atoms with Crippen LogP contribution in [0.3, 0.4) is 0 Å². The lowest BCUT2D eigenvalue weighted by atomic mass is 10.2. The van der Waals surface area contributed by atoms with Crippen molar-refractivity contribution >= 4 is 0 Å². The van der Waals surface area contributed by atoms with E-state index in [0.717, 1.165) is 11.1 Å². The van der Waals surface area contributed by atoms with E-state index < -0.39 is 0 Å². The van der Waals surface area contributed by atoms with Gasteiger partial charge in [-0.25, -0.2) is 0 Å². The molecule has 0 amide bonds. The molecule has 0 spiro atoms. The minimum atomic E-state index is 1.02. The maximum Gasteiger partial charge on any atom is 0.0971 e. The highest BCUT2D eigenvalue weighted by Crippen LogP contribution is 2.14. The molecule has 0 bridgehead atoms. The number of aromatic nitrogens is 2. The maximum absolute atomic E-state index is 3.90. The van der Waals surface area contributed by atoms with Gasteiger partial charge in [-0.15, -0.1) is 0 Å². The van der Waals surface area contributed by atoms with Crippen molar-refractivity contribution in [3.8, 4) is 11.1 Å². The van der Waals surface area contributed by atoms with E-state index in [1.54, 1.807) is 6.20 Å². The number of H-pyrrole nitrogens is 1. The van der Waals surface area contributed by atoms with Gasteiger partial charge in [0.05, 0.1) is 6.20 Å². The van der Waals surface area contributed by atoms with E-state index in [1.807, 2.05) is 30.6 Å². The van der Waals surface area contributed by atoms with Crippen molar-refractivity contribution in [2.45, 2.75) is 0 Å². The van der Waals surface area contributed by atoms with Crippen LogP contribution in [0.2, 0.25) is 0 Å². The summed E-state index contributed by atoms with van der Waals surface area (Å²) in [5, 5.41) is 0. The second-order valence-corrected chi connectivity index (χ2v) is 2.26. The zero-order chi connectivity index (χ0) is 7.52. The number of nitrogens with zero attached hydrogens (tertiary/aromatic N) is 1. The third-order valence-electron chi connectivity index (χ3n) is 1.52. The summed E-state index contributed by atoms with van der Waals surface area (Å²) >= 11 is 0. The number of nitrogens with one attached hydrogen (secondary N) is 1. The molecule has 11 heavy (non-hydrogen) atoms. The average Bonchev–Trinajstić information content (AvgIpc) is 2.58. The molecule has 0 atom stereocenters. The van der Waals surface area contributed by atoms with Gasteiger partial charge < -0.3 is 4.98 Å². The van der Waals surface area contributed by atoms with Crippen LogP contribution < -0.4 is 0 Å². The molecular weight excluding hydrogens is 136 g/mol. The van der Waals surface area contributed by atoms with Crippen molar-refractivity contribution in [1.82, 2.24) is 9.97 Å². The topological polar surface area (TPSA) is 28.7 Å². The summed E-state index contributed by atoms with van der Waals surface area (Å²) in [6.07, 6.45) is 8.43. The maximum atomic E-state index is 3.90. The SMILES string of the molecule is [c]1ncccc1-c1cc[nH]c1. The number of hydrogen-bond donors (Lipinski definition) is 1. The van der Waals surface area contributed by atoms with Gasteiger partial charge in [0, 0.05) is 29.7 Å². The van der Waals surface area contributed by atoms with Gasteiger partial charge in [-0.2, -0.15) is 0 Å². The molecule has 2 aromatic heterocycles. The van der Waals surface area contributed by atoms with Gasteiger partial charge in [0.2, 0.25) is 0 Å². The van der Waals surface area contributed by atoms with E-state index in [0.29, 0.717) is 0 Å². The number of pyridine rings is 1. The molecule has 0 aromatic carbocycles. The Hall–Kier alpha value is -1.57. The molecule has 0 saturated carbocycles. The standard InChI is InChI=1S/C9H7N2/c1-2-8(6-10-4-1)9-3-5-11-7-9/h1-5,7,11H. The molecule has 1 N–H and O–H groups in total. The Morgan fingerprint density at radius 1 is 1.36 bits per heavy atom. The molecule has 0 fully saturated rings. The van der Waals surface area contributed by atoms with E-state index in [4.69, 9.17) is 0 Å². The average molecular weight is 143 g/mol. The lowest BCUT2D eigenvalue weighted by Gasteiger charge is -1.91. The normalized spacial score (nSPS) is 9.82. The van der Waals surface area contributed by atoms with Crippen LogP contribution >= 0.6 is 0 Å². The Labute approximate surface area is 64.9 Å². The van der Waals surface area contributed by atoms with E-state index in [9.17, 15) is 0 Å². The predicted octanol–water partition coefficient (Wildman–Crippen LogP) is 1.88. The summed E-state index contributed by atoms with van der Waals surface area (Å²) in [5.41, 5.74) is 2.15. The zero-order valence-corrected chi connectivity index (χ0v) is 5.91. The molecule has 1 radical (unpaired) electrons. The number of rotatable bonds is 1. The van der Waals surface area contributed by atoms with Gasteiger partial charge >= 0.3 is 0 Å². The highest BCUT2D eigenvalue weighted by molar-refractivity contribution is 5.60. The molecular formula is C9H7N2. The van der Waals surface area contributed by atoms with Crippen LogP contribution in [0, 0.1) is 6.20 Å². The number of aromatic amines is 1. The van der Waals surface area contributed by atoms with Gasteiger partial charge in [-0.3, -0.25) is 4.98 Å². The summed E-state index contributed by atoms with van der Waals surface area (Å²) in [7, 11) is 0. The molecule has 0 saturated heterocycles. The van der Waals surface area contributed by atoms with Crippen LogP contribution in [0.15, 0.2) is 36.8 Å². The molecule has 2 rings (SSSR count). The van der Waals surface area contributed by atoms with Gasteiger partial charge in [0.15, 0.2) is 0 Å². The highest BCUT2D eigenvalue weighted by atomic mass is 14.6. The Bertz CT molecular complexity index is 311. The Morgan fingerprint density at radius 2 is 2.36 bits per heavy atom. The smallest absolute Gasteiger partial charge is 0.0971 e. The van der Waals surface area contributed by atoms with E-state index >= 15 is 0 Å². The minimum absolute atomic E-state index is 1.02. The van der Waals surface area contributed by atoms with E-state index in [1.165, 1.54) is 0 Å². The third-order valence-corrected chi connectivity index (χ3v) is 1.52. The molecule has 53 valence electrons. The zero-order valence-electron chi connectivity index (χ0n) is 5.91. The Morgan fingerprint density at radius 3 is 3.00 bits per heavy atom. The molecule has 2 heteroatoms. The summed E-state index contributed by atoms with van der Waals surface area (Å²) in [6.45, 7) is 0. The highest BCUT2D eigenvalue weighted by Gasteiger charge is 1.94. The molecule has 0 aliphatic heterocycles. The van der Waals surface area contributed by atoms with E-state index in [-0.39, 0.29) is 0 Å². The van der Waals surface area contributed by atoms with Crippen LogP contribution in [0.25, 0.3) is 11.1 Å². The first-order valence-electron chi connectivity index (χ1n) is 3.43. The first-order valence-corrected chi connectivity index (χ1v) is 3.43. The fraction of sp³-hybridized carbons (Fsp3) is 0. The lowest BCUT2D eigenvalue weighted by molar-refractivity contribution is 1.31. The van der Waals surface area contributed by atoms with Crippen molar-refractivity contribution in [3.05, 3.63) is 43.0 Å². The van der Waals surface area contributed by atoms with Gasteiger partial charge in [0.1, 0.15) is 0 Å². The first-order chi connectivity index (χ1) is 5.47. The molecule has 2 nitrogen and oxygen atoms in total. The summed E-state index contributed by atoms with van der Waals surface area (Å²) in [4.78, 5) is 6.88. The van der Waals surface area contributed by atoms with Crippen LogP contribution in [-0.4, -0.2) is 9.97 Å². The monoisotopic (exact) mass is 143 g/mol. The molecule has 0 unspecified atom stereocenters. The van der Waals surface area contributed by atoms with Gasteiger partial charge in [-0.05, 0) is 12.1 Å². The van der Waals surface area contributed by atoms with Crippen molar-refractivity contribution in [1.29, 1.82) is 0 Å². The van der Waals surface area contributed by atoms with Gasteiger partial charge in [-0.1, -0.05) is 6.07 Å². The quantitative estimate of drug-likeness (QED) is 0.648. The van der Waals surface area contributed by atoms with Crippen molar-refractivity contribution < 1.29 is 0 Å². The summed E-state index contributed by atoms with van der Waals surface area (Å²) in [5.74, 6) is 0. The van der Waals surface area contributed by atoms with Crippen LogP contribution in [0.1, 0.15) is 0 Å². The van der Waals surface area contributed by atoms with Gasteiger partial charge in [0.25, 0.3) is 0 Å². The third kappa shape index (κ3) is 1.15. The predicted molar refractivity (Wildman–Crippen MR) is 42.9 cm³/mol. The minimum Gasteiger partial charge on any atom is -0.367 e. The fourth-order valence-corrected chi connectivity index (χ4v) is 0.979. The number of hydrogen-bond acceptors (Lipinski definition) is 1. The van der Waals surface area contributed by atoms with E-state index in [2.05, 4.69) is 16.2 Å². The lowest BCUT2D eigenvalue weighted by Crippen LogP contribution is -1.74. The second kappa shape index (κ2) is 2.58. The fourth-order valence-electron chi connectivity index (χ4n) is 0.979. The largest absolute Gasteiger partial charge is 0.367 e.